The molecule has 1 heterocycles. The highest BCUT2D eigenvalue weighted by atomic mass is 32.2. The van der Waals surface area contributed by atoms with E-state index in [9.17, 15) is 4.39 Å². The van der Waals surface area contributed by atoms with Crippen LogP contribution in [0.2, 0.25) is 0 Å². The Balaban J connectivity index is 1.86. The van der Waals surface area contributed by atoms with Gasteiger partial charge in [0.2, 0.25) is 0 Å². The normalized spacial score (nSPS) is 10.8. The first-order valence-corrected chi connectivity index (χ1v) is 7.67. The highest BCUT2D eigenvalue weighted by Crippen LogP contribution is 2.24. The fourth-order valence-corrected chi connectivity index (χ4v) is 3.14. The van der Waals surface area contributed by atoms with Crippen LogP contribution >= 0.6 is 23.1 Å². The Hall–Kier alpha value is -0.910. The number of thiazole rings is 1. The zero-order valence-corrected chi connectivity index (χ0v) is 11.8. The molecule has 96 valence electrons. The molecule has 1 aromatic carbocycles. The first kappa shape index (κ1) is 13.5. The van der Waals surface area contributed by atoms with E-state index in [1.54, 1.807) is 35.2 Å². The zero-order valence-electron chi connectivity index (χ0n) is 10.1. The third-order valence-electron chi connectivity index (χ3n) is 2.33. The van der Waals surface area contributed by atoms with E-state index in [-0.39, 0.29) is 5.82 Å². The maximum atomic E-state index is 12.7. The molecular formula is C13H15FN2S2. The molecule has 0 unspecified atom stereocenters. The number of halogens is 1. The quantitative estimate of drug-likeness (QED) is 0.818. The third-order valence-corrected chi connectivity index (χ3v) is 4.44. The van der Waals surface area contributed by atoms with Gasteiger partial charge in [0.25, 0.3) is 0 Å². The van der Waals surface area contributed by atoms with Crippen LogP contribution in [0.4, 0.5) is 4.39 Å². The average Bonchev–Trinajstić information content (AvgIpc) is 2.84. The van der Waals surface area contributed by atoms with Gasteiger partial charge in [-0.2, -0.15) is 0 Å². The average molecular weight is 282 g/mol. The highest BCUT2D eigenvalue weighted by molar-refractivity contribution is 7.98. The van der Waals surface area contributed by atoms with Crippen LogP contribution in [-0.4, -0.2) is 11.5 Å². The van der Waals surface area contributed by atoms with Crippen LogP contribution in [0.5, 0.6) is 0 Å². The Morgan fingerprint density at radius 1 is 1.33 bits per heavy atom. The molecule has 0 fully saturated rings. The fraction of sp³-hybridized carbons (Fsp3) is 0.308. The summed E-state index contributed by atoms with van der Waals surface area (Å²) in [5, 5.41) is 6.45. The number of nitrogens with one attached hydrogen (secondary N) is 1. The SMILES string of the molecule is CCNCc1csc(CSc2ccc(F)cc2)n1. The molecule has 0 radical (unpaired) electrons. The number of nitrogens with zero attached hydrogens (tertiary/aromatic N) is 1. The van der Waals surface area contributed by atoms with Gasteiger partial charge in [0.15, 0.2) is 0 Å². The van der Waals surface area contributed by atoms with Crippen molar-refractivity contribution in [2.75, 3.05) is 6.54 Å². The van der Waals surface area contributed by atoms with Crippen LogP contribution in [-0.2, 0) is 12.3 Å². The maximum absolute atomic E-state index is 12.7. The molecule has 0 amide bonds. The molecule has 0 spiro atoms. The van der Waals surface area contributed by atoms with Gasteiger partial charge in [0, 0.05) is 16.8 Å². The summed E-state index contributed by atoms with van der Waals surface area (Å²) in [4.78, 5) is 5.61. The molecular weight excluding hydrogens is 267 g/mol. The summed E-state index contributed by atoms with van der Waals surface area (Å²) in [6.45, 7) is 3.86. The molecule has 2 rings (SSSR count). The molecule has 2 aromatic rings. The lowest BCUT2D eigenvalue weighted by molar-refractivity contribution is 0.626. The van der Waals surface area contributed by atoms with Crippen molar-refractivity contribution in [1.82, 2.24) is 10.3 Å². The molecule has 0 aliphatic heterocycles. The van der Waals surface area contributed by atoms with Crippen molar-refractivity contribution in [3.63, 3.8) is 0 Å². The summed E-state index contributed by atoms with van der Waals surface area (Å²) < 4.78 is 12.7. The minimum atomic E-state index is -0.193. The third kappa shape index (κ3) is 4.08. The lowest BCUT2D eigenvalue weighted by atomic mass is 10.4. The predicted molar refractivity (Wildman–Crippen MR) is 75.5 cm³/mol. The van der Waals surface area contributed by atoms with Gasteiger partial charge < -0.3 is 5.32 Å². The zero-order chi connectivity index (χ0) is 12.8. The number of rotatable bonds is 6. The van der Waals surface area contributed by atoms with Crippen molar-refractivity contribution in [2.24, 2.45) is 0 Å². The molecule has 0 saturated carbocycles. The lowest BCUT2D eigenvalue weighted by Crippen LogP contribution is -2.11. The molecule has 1 N–H and O–H groups in total. The van der Waals surface area contributed by atoms with Gasteiger partial charge in [-0.1, -0.05) is 6.92 Å². The summed E-state index contributed by atoms with van der Waals surface area (Å²) in [7, 11) is 0. The van der Waals surface area contributed by atoms with Crippen molar-refractivity contribution < 1.29 is 4.39 Å². The van der Waals surface area contributed by atoms with Gasteiger partial charge >= 0.3 is 0 Å². The van der Waals surface area contributed by atoms with Gasteiger partial charge in [-0.05, 0) is 30.8 Å². The minimum Gasteiger partial charge on any atom is -0.311 e. The number of thioether (sulfide) groups is 1. The number of hydrogen-bond acceptors (Lipinski definition) is 4. The number of benzene rings is 1. The standard InChI is InChI=1S/C13H15FN2S2/c1-2-15-7-11-8-18-13(16-11)9-17-12-5-3-10(14)4-6-12/h3-6,8,15H,2,7,9H2,1H3. The predicted octanol–water partition coefficient (Wildman–Crippen LogP) is 3.68. The largest absolute Gasteiger partial charge is 0.311 e. The lowest BCUT2D eigenvalue weighted by Gasteiger charge is -1.99. The summed E-state index contributed by atoms with van der Waals surface area (Å²) >= 11 is 3.36. The molecule has 2 nitrogen and oxygen atoms in total. The smallest absolute Gasteiger partial charge is 0.123 e. The van der Waals surface area contributed by atoms with E-state index in [1.807, 2.05) is 0 Å². The molecule has 1 aromatic heterocycles. The van der Waals surface area contributed by atoms with Gasteiger partial charge in [-0.25, -0.2) is 9.37 Å². The summed E-state index contributed by atoms with van der Waals surface area (Å²) in [5.74, 6) is 0.643. The van der Waals surface area contributed by atoms with Crippen LogP contribution in [0.15, 0.2) is 34.5 Å². The van der Waals surface area contributed by atoms with E-state index in [1.165, 1.54) is 12.1 Å². The van der Waals surface area contributed by atoms with Crippen LogP contribution in [0.3, 0.4) is 0 Å². The second-order valence-corrected chi connectivity index (χ2v) is 5.75. The summed E-state index contributed by atoms with van der Waals surface area (Å²) in [6.07, 6.45) is 0. The summed E-state index contributed by atoms with van der Waals surface area (Å²) in [5.41, 5.74) is 1.09. The first-order chi connectivity index (χ1) is 8.78. The molecule has 0 atom stereocenters. The Kier molecular flexibility index (Phi) is 5.16. The van der Waals surface area contributed by atoms with E-state index >= 15 is 0 Å². The fourth-order valence-electron chi connectivity index (χ4n) is 1.43. The molecule has 0 aliphatic carbocycles. The van der Waals surface area contributed by atoms with Crippen molar-refractivity contribution in [1.29, 1.82) is 0 Å². The minimum absolute atomic E-state index is 0.193. The van der Waals surface area contributed by atoms with Gasteiger partial charge in [-0.3, -0.25) is 0 Å². The first-order valence-electron chi connectivity index (χ1n) is 5.80. The van der Waals surface area contributed by atoms with E-state index in [0.29, 0.717) is 0 Å². The summed E-state index contributed by atoms with van der Waals surface area (Å²) in [6, 6.07) is 6.57. The Morgan fingerprint density at radius 2 is 2.11 bits per heavy atom. The second kappa shape index (κ2) is 6.87. The van der Waals surface area contributed by atoms with E-state index in [2.05, 4.69) is 22.6 Å². The van der Waals surface area contributed by atoms with Gasteiger partial charge in [-0.15, -0.1) is 23.1 Å². The van der Waals surface area contributed by atoms with Crippen molar-refractivity contribution >= 4 is 23.1 Å². The van der Waals surface area contributed by atoms with Crippen molar-refractivity contribution in [2.45, 2.75) is 24.1 Å². The van der Waals surface area contributed by atoms with Gasteiger partial charge in [0.05, 0.1) is 11.4 Å². The van der Waals surface area contributed by atoms with Crippen molar-refractivity contribution in [3.05, 3.63) is 46.2 Å². The molecule has 18 heavy (non-hydrogen) atoms. The van der Waals surface area contributed by atoms with Crippen molar-refractivity contribution in [3.8, 4) is 0 Å². The Bertz CT molecular complexity index is 482. The topological polar surface area (TPSA) is 24.9 Å². The Morgan fingerprint density at radius 3 is 2.83 bits per heavy atom. The monoisotopic (exact) mass is 282 g/mol. The highest BCUT2D eigenvalue weighted by Gasteiger charge is 2.03. The van der Waals surface area contributed by atoms with Gasteiger partial charge in [0.1, 0.15) is 10.8 Å². The Labute approximate surface area is 115 Å². The second-order valence-electron chi connectivity index (χ2n) is 3.76. The number of hydrogen-bond donors (Lipinski definition) is 1. The van der Waals surface area contributed by atoms with Crippen LogP contribution in [0, 0.1) is 5.82 Å². The van der Waals surface area contributed by atoms with E-state index in [4.69, 9.17) is 0 Å². The van der Waals surface area contributed by atoms with E-state index < -0.39 is 0 Å². The van der Waals surface area contributed by atoms with E-state index in [0.717, 1.165) is 34.4 Å². The van der Waals surface area contributed by atoms with Crippen LogP contribution in [0.25, 0.3) is 0 Å². The molecule has 0 saturated heterocycles. The van der Waals surface area contributed by atoms with Crippen LogP contribution in [0.1, 0.15) is 17.6 Å². The van der Waals surface area contributed by atoms with Crippen LogP contribution < -0.4 is 5.32 Å². The molecule has 0 aliphatic rings. The molecule has 0 bridgehead atoms. The maximum Gasteiger partial charge on any atom is 0.123 e. The number of aromatic nitrogens is 1. The molecule has 5 heteroatoms.